The van der Waals surface area contributed by atoms with Crippen molar-refractivity contribution in [3.05, 3.63) is 56.7 Å². The molecule has 3 aromatic rings. The first-order valence-corrected chi connectivity index (χ1v) is 7.57. The van der Waals surface area contributed by atoms with Crippen molar-refractivity contribution < 1.29 is 17.9 Å². The van der Waals surface area contributed by atoms with Gasteiger partial charge < -0.3 is 4.74 Å². The van der Waals surface area contributed by atoms with Gasteiger partial charge in [-0.25, -0.2) is 0 Å². The van der Waals surface area contributed by atoms with Gasteiger partial charge in [0.05, 0.1) is 33.6 Å². The zero-order valence-corrected chi connectivity index (χ0v) is 13.2. The number of alkyl halides is 3. The third kappa shape index (κ3) is 2.82. The molecule has 1 heterocycles. The number of hydrogen-bond acceptors (Lipinski definition) is 3. The quantitative estimate of drug-likeness (QED) is 0.662. The Morgan fingerprint density at radius 2 is 1.91 bits per heavy atom. The van der Waals surface area contributed by atoms with Crippen LogP contribution in [0.3, 0.4) is 0 Å². The molecule has 3 nitrogen and oxygen atoms in total. The summed E-state index contributed by atoms with van der Waals surface area (Å²) >= 11 is 6.95. The lowest BCUT2D eigenvalue weighted by Crippen LogP contribution is -2.12. The van der Waals surface area contributed by atoms with E-state index in [0.717, 1.165) is 23.5 Å². The Hall–Kier alpha value is -1.99. The molecular weight excluding hydrogens is 351 g/mol. The molecule has 0 aliphatic rings. The summed E-state index contributed by atoms with van der Waals surface area (Å²) in [6.07, 6.45) is -4.49. The maximum Gasteiger partial charge on any atom is 0.416 e. The first-order chi connectivity index (χ1) is 10.8. The van der Waals surface area contributed by atoms with Crippen molar-refractivity contribution in [1.29, 1.82) is 0 Å². The maximum absolute atomic E-state index is 12.7. The van der Waals surface area contributed by atoms with Crippen molar-refractivity contribution in [3.63, 3.8) is 0 Å². The van der Waals surface area contributed by atoms with Crippen LogP contribution in [0.1, 0.15) is 5.56 Å². The molecule has 0 saturated heterocycles. The fraction of sp³-hybridized carbons (Fsp3) is 0.133. The van der Waals surface area contributed by atoms with Gasteiger partial charge in [0, 0.05) is 0 Å². The van der Waals surface area contributed by atoms with Gasteiger partial charge in [-0.05, 0) is 36.4 Å². The van der Waals surface area contributed by atoms with Crippen LogP contribution in [-0.4, -0.2) is 11.7 Å². The summed E-state index contributed by atoms with van der Waals surface area (Å²) in [5, 5.41) is -0.141. The lowest BCUT2D eigenvalue weighted by molar-refractivity contribution is -0.137. The Labute approximate surface area is 137 Å². The van der Waals surface area contributed by atoms with Crippen molar-refractivity contribution in [2.75, 3.05) is 7.11 Å². The zero-order chi connectivity index (χ0) is 16.8. The van der Waals surface area contributed by atoms with Crippen molar-refractivity contribution in [3.8, 4) is 11.4 Å². The number of benzene rings is 2. The third-order valence-corrected chi connectivity index (χ3v) is 4.51. The van der Waals surface area contributed by atoms with E-state index < -0.39 is 11.7 Å². The van der Waals surface area contributed by atoms with E-state index in [1.807, 2.05) is 0 Å². The van der Waals surface area contributed by atoms with Crippen LogP contribution in [0.5, 0.6) is 5.75 Å². The first kappa shape index (κ1) is 15.9. The molecule has 3 rings (SSSR count). The predicted octanol–water partition coefficient (Wildman–Crippen LogP) is 4.73. The van der Waals surface area contributed by atoms with Crippen LogP contribution in [-0.2, 0) is 6.18 Å². The van der Waals surface area contributed by atoms with Gasteiger partial charge >= 0.3 is 11.0 Å². The van der Waals surface area contributed by atoms with Gasteiger partial charge in [-0.15, -0.1) is 0 Å². The number of ether oxygens (including phenoxy) is 1. The Balaban J connectivity index is 2.21. The molecule has 2 aromatic carbocycles. The zero-order valence-electron chi connectivity index (χ0n) is 11.6. The van der Waals surface area contributed by atoms with Crippen molar-refractivity contribution in [2.24, 2.45) is 0 Å². The molecule has 0 saturated carbocycles. The number of methoxy groups -OCH3 is 1. The molecular formula is C15H9ClF3NO2S. The van der Waals surface area contributed by atoms with E-state index in [1.54, 1.807) is 18.2 Å². The summed E-state index contributed by atoms with van der Waals surface area (Å²) in [5.74, 6) is 0.587. The Morgan fingerprint density at radius 3 is 2.52 bits per heavy atom. The monoisotopic (exact) mass is 359 g/mol. The van der Waals surface area contributed by atoms with Crippen molar-refractivity contribution in [1.82, 2.24) is 4.57 Å². The molecule has 23 heavy (non-hydrogen) atoms. The van der Waals surface area contributed by atoms with Gasteiger partial charge in [-0.1, -0.05) is 22.9 Å². The van der Waals surface area contributed by atoms with Gasteiger partial charge in [0.2, 0.25) is 0 Å². The molecule has 0 radical (unpaired) electrons. The number of nitrogens with zero attached hydrogens (tertiary/aromatic N) is 1. The molecule has 0 spiro atoms. The van der Waals surface area contributed by atoms with E-state index in [-0.39, 0.29) is 15.6 Å². The minimum atomic E-state index is -4.49. The van der Waals surface area contributed by atoms with E-state index >= 15 is 0 Å². The summed E-state index contributed by atoms with van der Waals surface area (Å²) in [7, 11) is 1.51. The average molecular weight is 360 g/mol. The highest BCUT2D eigenvalue weighted by Gasteiger charge is 2.31. The number of rotatable bonds is 2. The van der Waals surface area contributed by atoms with Crippen LogP contribution in [0.25, 0.3) is 15.9 Å². The molecule has 0 bridgehead atoms. The Kier molecular flexibility index (Phi) is 3.85. The van der Waals surface area contributed by atoms with Crippen LogP contribution < -0.4 is 9.61 Å². The maximum atomic E-state index is 12.7. The largest absolute Gasteiger partial charge is 0.497 e. The van der Waals surface area contributed by atoms with Gasteiger partial charge in [-0.2, -0.15) is 13.2 Å². The van der Waals surface area contributed by atoms with Gasteiger partial charge in [0.1, 0.15) is 5.75 Å². The molecule has 0 atom stereocenters. The van der Waals surface area contributed by atoms with Crippen LogP contribution in [0.2, 0.25) is 5.02 Å². The number of thiazole rings is 1. The lowest BCUT2D eigenvalue weighted by Gasteiger charge is -2.11. The molecule has 0 aliphatic carbocycles. The summed E-state index contributed by atoms with van der Waals surface area (Å²) in [6, 6.07) is 7.94. The molecule has 8 heteroatoms. The second-order valence-corrected chi connectivity index (χ2v) is 6.10. The van der Waals surface area contributed by atoms with Gasteiger partial charge in [-0.3, -0.25) is 9.36 Å². The normalized spacial score (nSPS) is 11.9. The molecule has 0 amide bonds. The number of fused-ring (bicyclic) bond motifs is 1. The smallest absolute Gasteiger partial charge is 0.416 e. The van der Waals surface area contributed by atoms with Crippen molar-refractivity contribution in [2.45, 2.75) is 6.18 Å². The second kappa shape index (κ2) is 5.58. The molecule has 120 valence electrons. The molecule has 0 fully saturated rings. The SMILES string of the molecule is COc1ccc2c(c1)sc(=O)n2-c1ccc(C(F)(F)F)cc1Cl. The Bertz CT molecular complexity index is 946. The highest BCUT2D eigenvalue weighted by Crippen LogP contribution is 2.34. The standard InChI is InChI=1S/C15H9ClF3NO2S/c1-22-9-3-5-12-13(7-9)23-14(21)20(12)11-4-2-8(6-10(11)16)15(17,18)19/h2-7H,1H3. The third-order valence-electron chi connectivity index (χ3n) is 3.30. The molecule has 0 unspecified atom stereocenters. The fourth-order valence-electron chi connectivity index (χ4n) is 2.22. The van der Waals surface area contributed by atoms with E-state index in [0.29, 0.717) is 16.0 Å². The molecule has 0 aliphatic heterocycles. The second-order valence-electron chi connectivity index (χ2n) is 4.70. The summed E-state index contributed by atoms with van der Waals surface area (Å²) in [6.45, 7) is 0. The van der Waals surface area contributed by atoms with Gasteiger partial charge in [0.15, 0.2) is 0 Å². The minimum absolute atomic E-state index is 0.141. The fourth-order valence-corrected chi connectivity index (χ4v) is 3.40. The van der Waals surface area contributed by atoms with E-state index in [2.05, 4.69) is 0 Å². The van der Waals surface area contributed by atoms with Crippen LogP contribution in [0.15, 0.2) is 41.2 Å². The van der Waals surface area contributed by atoms with E-state index in [9.17, 15) is 18.0 Å². The van der Waals surface area contributed by atoms with Crippen LogP contribution >= 0.6 is 22.9 Å². The highest BCUT2D eigenvalue weighted by molar-refractivity contribution is 7.16. The summed E-state index contributed by atoms with van der Waals surface area (Å²) in [4.78, 5) is 11.9. The van der Waals surface area contributed by atoms with E-state index in [1.165, 1.54) is 17.7 Å². The number of halogens is 4. The van der Waals surface area contributed by atoms with E-state index in [4.69, 9.17) is 16.3 Å². The van der Waals surface area contributed by atoms with Crippen LogP contribution in [0.4, 0.5) is 13.2 Å². The van der Waals surface area contributed by atoms with Crippen molar-refractivity contribution >= 4 is 33.2 Å². The number of hydrogen-bond donors (Lipinski definition) is 0. The topological polar surface area (TPSA) is 31.2 Å². The molecule has 0 N–H and O–H groups in total. The minimum Gasteiger partial charge on any atom is -0.497 e. The van der Waals surface area contributed by atoms with Gasteiger partial charge in [0.25, 0.3) is 0 Å². The molecule has 1 aromatic heterocycles. The highest BCUT2D eigenvalue weighted by atomic mass is 35.5. The first-order valence-electron chi connectivity index (χ1n) is 6.38. The number of aromatic nitrogens is 1. The lowest BCUT2D eigenvalue weighted by atomic mass is 10.2. The van der Waals surface area contributed by atoms with Crippen LogP contribution in [0, 0.1) is 0 Å². The summed E-state index contributed by atoms with van der Waals surface area (Å²) < 4.78 is 45.2. The predicted molar refractivity (Wildman–Crippen MR) is 84.0 cm³/mol. The Morgan fingerprint density at radius 1 is 1.17 bits per heavy atom. The average Bonchev–Trinajstić information content (AvgIpc) is 2.81. The summed E-state index contributed by atoms with van der Waals surface area (Å²) in [5.41, 5.74) is -0.0935.